The summed E-state index contributed by atoms with van der Waals surface area (Å²) in [6.07, 6.45) is 0.224. The third-order valence-corrected chi connectivity index (χ3v) is 5.26. The Hall–Kier alpha value is -1.31. The van der Waals surface area contributed by atoms with Gasteiger partial charge < -0.3 is 14.4 Å². The van der Waals surface area contributed by atoms with Crippen molar-refractivity contribution in [2.24, 2.45) is 0 Å². The molecule has 1 saturated heterocycles. The van der Waals surface area contributed by atoms with Crippen LogP contribution in [0.5, 0.6) is 0 Å². The van der Waals surface area contributed by atoms with Crippen LogP contribution in [0.3, 0.4) is 0 Å². The van der Waals surface area contributed by atoms with Gasteiger partial charge in [-0.25, -0.2) is 13.2 Å². The van der Waals surface area contributed by atoms with Gasteiger partial charge in [-0.05, 0) is 18.4 Å². The molecule has 0 radical (unpaired) electrons. The Kier molecular flexibility index (Phi) is 5.89. The molecule has 1 amide bonds. The number of benzene rings is 1. The Morgan fingerprint density at radius 2 is 1.91 bits per heavy atom. The Morgan fingerprint density at radius 1 is 1.30 bits per heavy atom. The van der Waals surface area contributed by atoms with Crippen molar-refractivity contribution in [1.29, 1.82) is 0 Å². The molecule has 0 aliphatic carbocycles. The van der Waals surface area contributed by atoms with Crippen LogP contribution in [0.25, 0.3) is 0 Å². The van der Waals surface area contributed by atoms with Gasteiger partial charge in [-0.2, -0.15) is 0 Å². The normalized spacial score (nSPS) is 17.5. The van der Waals surface area contributed by atoms with Gasteiger partial charge in [0.05, 0.1) is 11.3 Å². The summed E-state index contributed by atoms with van der Waals surface area (Å²) in [5, 5.41) is 0. The van der Waals surface area contributed by atoms with Gasteiger partial charge in [-0.1, -0.05) is 30.3 Å². The van der Waals surface area contributed by atoms with Crippen LogP contribution < -0.4 is 0 Å². The molecule has 1 aliphatic rings. The van der Waals surface area contributed by atoms with Gasteiger partial charge >= 0.3 is 6.09 Å². The van der Waals surface area contributed by atoms with Crippen molar-refractivity contribution in [2.45, 2.75) is 25.0 Å². The number of hydrogen-bond acceptors (Lipinski definition) is 5. The summed E-state index contributed by atoms with van der Waals surface area (Å²) in [5.41, 5.74) is -0.0349. The highest BCUT2D eigenvalue weighted by Crippen LogP contribution is 2.30. The predicted octanol–water partition coefficient (Wildman–Crippen LogP) is 2.37. The molecule has 128 valence electrons. The van der Waals surface area contributed by atoms with Crippen molar-refractivity contribution in [3.8, 4) is 0 Å². The van der Waals surface area contributed by atoms with E-state index in [0.717, 1.165) is 5.56 Å². The fourth-order valence-corrected chi connectivity index (χ4v) is 4.39. The molecule has 0 saturated carbocycles. The van der Waals surface area contributed by atoms with Crippen LogP contribution in [0.4, 0.5) is 4.79 Å². The second-order valence-electron chi connectivity index (χ2n) is 5.62. The van der Waals surface area contributed by atoms with Crippen LogP contribution >= 0.6 is 10.7 Å². The SMILES string of the molecule is CN(C(=O)OCc1ccccc1)C1(CS(=O)(=O)Cl)CCOCC1. The van der Waals surface area contributed by atoms with E-state index in [2.05, 4.69) is 0 Å². The first kappa shape index (κ1) is 18.0. The Bertz CT molecular complexity index is 629. The summed E-state index contributed by atoms with van der Waals surface area (Å²) < 4.78 is 33.7. The third kappa shape index (κ3) is 5.09. The van der Waals surface area contributed by atoms with Crippen LogP contribution in [-0.4, -0.2) is 51.0 Å². The van der Waals surface area contributed by atoms with Gasteiger partial charge in [0.15, 0.2) is 0 Å². The second kappa shape index (κ2) is 7.51. The molecule has 0 atom stereocenters. The molecule has 6 nitrogen and oxygen atoms in total. The Morgan fingerprint density at radius 3 is 2.48 bits per heavy atom. The number of ether oxygens (including phenoxy) is 2. The summed E-state index contributed by atoms with van der Waals surface area (Å²) in [4.78, 5) is 13.7. The van der Waals surface area contributed by atoms with E-state index in [9.17, 15) is 13.2 Å². The van der Waals surface area contributed by atoms with E-state index in [1.54, 1.807) is 7.05 Å². The molecular formula is C15H20ClNO5S. The summed E-state index contributed by atoms with van der Waals surface area (Å²) in [6, 6.07) is 9.28. The molecule has 1 heterocycles. The fourth-order valence-electron chi connectivity index (χ4n) is 2.66. The first-order valence-electron chi connectivity index (χ1n) is 7.27. The lowest BCUT2D eigenvalue weighted by Gasteiger charge is -2.42. The zero-order chi connectivity index (χ0) is 16.9. The standard InChI is InChI=1S/C15H20ClNO5S/c1-17(14(18)22-11-13-5-3-2-4-6-13)15(12-23(16,19)20)7-9-21-10-8-15/h2-6H,7-12H2,1H3. The largest absolute Gasteiger partial charge is 0.445 e. The first-order chi connectivity index (χ1) is 10.8. The molecule has 0 aromatic heterocycles. The van der Waals surface area contributed by atoms with E-state index >= 15 is 0 Å². The minimum absolute atomic E-state index is 0.129. The third-order valence-electron chi connectivity index (χ3n) is 4.06. The van der Waals surface area contributed by atoms with E-state index in [4.69, 9.17) is 20.2 Å². The molecule has 0 N–H and O–H groups in total. The monoisotopic (exact) mass is 361 g/mol. The second-order valence-corrected chi connectivity index (χ2v) is 8.40. The van der Waals surface area contributed by atoms with Crippen LogP contribution in [-0.2, 0) is 25.1 Å². The smallest absolute Gasteiger partial charge is 0.410 e. The Labute approximate surface area is 140 Å². The van der Waals surface area contributed by atoms with E-state index in [1.165, 1.54) is 4.90 Å². The lowest BCUT2D eigenvalue weighted by atomic mass is 9.91. The molecule has 1 aliphatic heterocycles. The van der Waals surface area contributed by atoms with Crippen LogP contribution in [0.15, 0.2) is 30.3 Å². The van der Waals surface area contributed by atoms with Crippen LogP contribution in [0, 0.1) is 0 Å². The van der Waals surface area contributed by atoms with Gasteiger partial charge in [0.25, 0.3) is 0 Å². The summed E-state index contributed by atoms with van der Waals surface area (Å²) >= 11 is 0. The average Bonchev–Trinajstić information content (AvgIpc) is 2.52. The van der Waals surface area contributed by atoms with Gasteiger partial charge in [0, 0.05) is 30.9 Å². The van der Waals surface area contributed by atoms with Crippen molar-refractivity contribution in [2.75, 3.05) is 26.0 Å². The lowest BCUT2D eigenvalue weighted by molar-refractivity contribution is -0.00827. The molecule has 23 heavy (non-hydrogen) atoms. The number of nitrogens with zero attached hydrogens (tertiary/aromatic N) is 1. The molecule has 1 fully saturated rings. The molecule has 0 spiro atoms. The highest BCUT2D eigenvalue weighted by atomic mass is 35.7. The maximum atomic E-state index is 12.3. The maximum absolute atomic E-state index is 12.3. The molecular weight excluding hydrogens is 342 g/mol. The topological polar surface area (TPSA) is 72.9 Å². The summed E-state index contributed by atoms with van der Waals surface area (Å²) in [7, 11) is 3.21. The average molecular weight is 362 g/mol. The van der Waals surface area contributed by atoms with Crippen LogP contribution in [0.2, 0.25) is 0 Å². The van der Waals surface area contributed by atoms with Crippen molar-refractivity contribution in [3.05, 3.63) is 35.9 Å². The van der Waals surface area contributed by atoms with Crippen molar-refractivity contribution >= 4 is 25.8 Å². The number of amides is 1. The highest BCUT2D eigenvalue weighted by molar-refractivity contribution is 8.13. The Balaban J connectivity index is 2.07. The molecule has 8 heteroatoms. The predicted molar refractivity (Wildman–Crippen MR) is 86.8 cm³/mol. The fraction of sp³-hybridized carbons (Fsp3) is 0.533. The lowest BCUT2D eigenvalue weighted by Crippen LogP contribution is -2.56. The zero-order valence-corrected chi connectivity index (χ0v) is 14.5. The molecule has 2 rings (SSSR count). The number of rotatable bonds is 5. The first-order valence-corrected chi connectivity index (χ1v) is 9.75. The number of carbonyl (C=O) groups is 1. The maximum Gasteiger partial charge on any atom is 0.410 e. The van der Waals surface area contributed by atoms with E-state index in [0.29, 0.717) is 26.1 Å². The molecule has 1 aromatic carbocycles. The number of hydrogen-bond donors (Lipinski definition) is 0. The zero-order valence-electron chi connectivity index (χ0n) is 12.9. The van der Waals surface area contributed by atoms with Crippen molar-refractivity contribution in [1.82, 2.24) is 4.90 Å². The van der Waals surface area contributed by atoms with Gasteiger partial charge in [-0.15, -0.1) is 0 Å². The summed E-state index contributed by atoms with van der Waals surface area (Å²) in [6.45, 7) is 0.885. The van der Waals surface area contributed by atoms with E-state index in [-0.39, 0.29) is 12.4 Å². The van der Waals surface area contributed by atoms with Crippen molar-refractivity contribution in [3.63, 3.8) is 0 Å². The quantitative estimate of drug-likeness (QED) is 0.753. The number of carbonyl (C=O) groups excluding carboxylic acids is 1. The van der Waals surface area contributed by atoms with Gasteiger partial charge in [0.1, 0.15) is 6.61 Å². The summed E-state index contributed by atoms with van der Waals surface area (Å²) in [5.74, 6) is -0.318. The van der Waals surface area contributed by atoms with Crippen molar-refractivity contribution < 1.29 is 22.7 Å². The number of halogens is 1. The minimum Gasteiger partial charge on any atom is -0.445 e. The van der Waals surface area contributed by atoms with Crippen LogP contribution in [0.1, 0.15) is 18.4 Å². The van der Waals surface area contributed by atoms with E-state index < -0.39 is 20.7 Å². The van der Waals surface area contributed by atoms with Gasteiger partial charge in [0.2, 0.25) is 9.05 Å². The highest BCUT2D eigenvalue weighted by Gasteiger charge is 2.43. The minimum atomic E-state index is -3.76. The molecule has 0 unspecified atom stereocenters. The molecule has 1 aromatic rings. The van der Waals surface area contributed by atoms with Gasteiger partial charge in [-0.3, -0.25) is 0 Å². The molecule has 0 bridgehead atoms. The van der Waals surface area contributed by atoms with E-state index in [1.807, 2.05) is 30.3 Å².